The van der Waals surface area contributed by atoms with Crippen molar-refractivity contribution in [2.24, 2.45) is 5.10 Å². The molecule has 5 heteroatoms. The molecule has 3 N–H and O–H groups in total. The van der Waals surface area contributed by atoms with Crippen molar-refractivity contribution in [1.82, 2.24) is 15.7 Å². The van der Waals surface area contributed by atoms with E-state index in [-0.39, 0.29) is 6.04 Å². The van der Waals surface area contributed by atoms with Crippen LogP contribution in [-0.4, -0.2) is 22.4 Å². The van der Waals surface area contributed by atoms with Crippen molar-refractivity contribution in [2.75, 3.05) is 0 Å². The molecule has 3 rings (SSSR count). The molecule has 0 bridgehead atoms. The number of para-hydroxylation sites is 1. The number of aromatic amines is 1. The molecule has 4 nitrogen and oxygen atoms in total. The van der Waals surface area contributed by atoms with Gasteiger partial charge in [0.25, 0.3) is 0 Å². The topological polar surface area (TPSA) is 52.2 Å². The summed E-state index contributed by atoms with van der Waals surface area (Å²) < 4.78 is 0. The number of nitrogens with one attached hydrogen (secondary N) is 3. The lowest BCUT2D eigenvalue weighted by Gasteiger charge is -2.09. The quantitative estimate of drug-likeness (QED) is 0.383. The van der Waals surface area contributed by atoms with E-state index < -0.39 is 0 Å². The van der Waals surface area contributed by atoms with Gasteiger partial charge in [-0.3, -0.25) is 5.43 Å². The molecule has 1 heterocycles. The number of benzene rings is 2. The first kappa shape index (κ1) is 16.2. The highest BCUT2D eigenvalue weighted by atomic mass is 32.1. The average Bonchev–Trinajstić information content (AvgIpc) is 2.94. The summed E-state index contributed by atoms with van der Waals surface area (Å²) in [5, 5.41) is 9.05. The first-order chi connectivity index (χ1) is 11.6. The van der Waals surface area contributed by atoms with E-state index in [9.17, 15) is 0 Å². The molecular formula is C19H20N4S. The average molecular weight is 336 g/mol. The molecule has 0 radical (unpaired) electrons. The molecule has 0 saturated carbocycles. The van der Waals surface area contributed by atoms with Crippen molar-refractivity contribution in [1.29, 1.82) is 0 Å². The molecule has 0 fully saturated rings. The summed E-state index contributed by atoms with van der Waals surface area (Å²) in [5.41, 5.74) is 7.16. The zero-order valence-electron chi connectivity index (χ0n) is 13.7. The molecule has 122 valence electrons. The standard InChI is InChI=1S/C19H20N4S/c1-13(2)21-19(24)23-20-12-16-15-10-6-7-11-17(15)22-18(16)14-8-4-3-5-9-14/h3-13,22H,1-2H3,(H2,21,23,24)/b20-12+. The van der Waals surface area contributed by atoms with Gasteiger partial charge in [0, 0.05) is 22.5 Å². The molecule has 24 heavy (non-hydrogen) atoms. The van der Waals surface area contributed by atoms with Crippen LogP contribution in [0.25, 0.3) is 22.2 Å². The first-order valence-corrected chi connectivity index (χ1v) is 8.31. The minimum absolute atomic E-state index is 0.271. The first-order valence-electron chi connectivity index (χ1n) is 7.91. The van der Waals surface area contributed by atoms with Gasteiger partial charge in [0.05, 0.1) is 11.9 Å². The van der Waals surface area contributed by atoms with Crippen molar-refractivity contribution in [3.63, 3.8) is 0 Å². The number of nitrogens with zero attached hydrogens (tertiary/aromatic N) is 1. The minimum atomic E-state index is 0.271. The lowest BCUT2D eigenvalue weighted by atomic mass is 10.1. The lowest BCUT2D eigenvalue weighted by Crippen LogP contribution is -2.36. The Balaban J connectivity index is 1.95. The van der Waals surface area contributed by atoms with E-state index >= 15 is 0 Å². The van der Waals surface area contributed by atoms with E-state index in [0.29, 0.717) is 5.11 Å². The van der Waals surface area contributed by atoms with Crippen LogP contribution in [-0.2, 0) is 0 Å². The van der Waals surface area contributed by atoms with Crippen LogP contribution < -0.4 is 10.7 Å². The van der Waals surface area contributed by atoms with Crippen LogP contribution in [0.3, 0.4) is 0 Å². The summed E-state index contributed by atoms with van der Waals surface area (Å²) >= 11 is 5.20. The van der Waals surface area contributed by atoms with Crippen molar-refractivity contribution < 1.29 is 0 Å². The van der Waals surface area contributed by atoms with Gasteiger partial charge < -0.3 is 10.3 Å². The number of hydrazone groups is 1. The fraction of sp³-hybridized carbons (Fsp3) is 0.158. The van der Waals surface area contributed by atoms with E-state index in [4.69, 9.17) is 12.2 Å². The van der Waals surface area contributed by atoms with E-state index in [1.54, 1.807) is 0 Å². The third kappa shape index (κ3) is 3.63. The Labute approximate surface area is 147 Å². The van der Waals surface area contributed by atoms with Gasteiger partial charge in [0.2, 0.25) is 0 Å². The van der Waals surface area contributed by atoms with Gasteiger partial charge in [-0.05, 0) is 37.7 Å². The molecule has 1 aromatic heterocycles. The van der Waals surface area contributed by atoms with E-state index in [0.717, 1.165) is 27.7 Å². The third-order valence-electron chi connectivity index (χ3n) is 3.59. The summed E-state index contributed by atoms with van der Waals surface area (Å²) in [6, 6.07) is 18.7. The maximum Gasteiger partial charge on any atom is 0.187 e. The highest BCUT2D eigenvalue weighted by Gasteiger charge is 2.11. The molecule has 3 aromatic rings. The van der Waals surface area contributed by atoms with Gasteiger partial charge in [-0.1, -0.05) is 48.5 Å². The Morgan fingerprint density at radius 3 is 2.54 bits per heavy atom. The number of H-pyrrole nitrogens is 1. The molecule has 0 atom stereocenters. The van der Waals surface area contributed by atoms with Crippen LogP contribution in [0.5, 0.6) is 0 Å². The predicted molar refractivity (Wildman–Crippen MR) is 105 cm³/mol. The Morgan fingerprint density at radius 2 is 1.79 bits per heavy atom. The van der Waals surface area contributed by atoms with E-state index in [1.807, 2.05) is 50.4 Å². The minimum Gasteiger partial charge on any atom is -0.359 e. The molecule has 0 unspecified atom stereocenters. The number of hydrogen-bond donors (Lipinski definition) is 3. The zero-order valence-corrected chi connectivity index (χ0v) is 14.5. The predicted octanol–water partition coefficient (Wildman–Crippen LogP) is 4.04. The van der Waals surface area contributed by atoms with Gasteiger partial charge in [0.15, 0.2) is 5.11 Å². The van der Waals surface area contributed by atoms with Crippen LogP contribution in [0.1, 0.15) is 19.4 Å². The number of thiocarbonyl (C=S) groups is 1. The Hall–Kier alpha value is -2.66. The monoisotopic (exact) mass is 336 g/mol. The number of hydrogen-bond acceptors (Lipinski definition) is 2. The van der Waals surface area contributed by atoms with Crippen LogP contribution in [0.15, 0.2) is 59.7 Å². The molecule has 2 aromatic carbocycles. The second kappa shape index (κ2) is 7.27. The highest BCUT2D eigenvalue weighted by molar-refractivity contribution is 7.80. The number of rotatable bonds is 4. The molecule has 0 aliphatic heterocycles. The van der Waals surface area contributed by atoms with Gasteiger partial charge in [0.1, 0.15) is 0 Å². The van der Waals surface area contributed by atoms with E-state index in [1.165, 1.54) is 0 Å². The summed E-state index contributed by atoms with van der Waals surface area (Å²) in [7, 11) is 0. The summed E-state index contributed by atoms with van der Waals surface area (Å²) in [6.45, 7) is 4.07. The maximum atomic E-state index is 5.20. The van der Waals surface area contributed by atoms with E-state index in [2.05, 4.69) is 45.1 Å². The van der Waals surface area contributed by atoms with Crippen LogP contribution in [0, 0.1) is 0 Å². The fourth-order valence-corrected chi connectivity index (χ4v) is 2.87. The summed E-state index contributed by atoms with van der Waals surface area (Å²) in [4.78, 5) is 3.48. The molecular weight excluding hydrogens is 316 g/mol. The Bertz CT molecular complexity index is 865. The highest BCUT2D eigenvalue weighted by Crippen LogP contribution is 2.28. The van der Waals surface area contributed by atoms with Gasteiger partial charge in [-0.25, -0.2) is 0 Å². The third-order valence-corrected chi connectivity index (χ3v) is 3.80. The van der Waals surface area contributed by atoms with Crippen molar-refractivity contribution in [3.8, 4) is 11.3 Å². The fourth-order valence-electron chi connectivity index (χ4n) is 2.58. The van der Waals surface area contributed by atoms with Gasteiger partial charge >= 0.3 is 0 Å². The summed E-state index contributed by atoms with van der Waals surface area (Å²) in [6.07, 6.45) is 1.81. The lowest BCUT2D eigenvalue weighted by molar-refractivity contribution is 0.720. The maximum absolute atomic E-state index is 5.20. The van der Waals surface area contributed by atoms with Crippen molar-refractivity contribution in [2.45, 2.75) is 19.9 Å². The second-order valence-corrected chi connectivity index (χ2v) is 6.23. The second-order valence-electron chi connectivity index (χ2n) is 5.82. The van der Waals surface area contributed by atoms with Crippen LogP contribution in [0.2, 0.25) is 0 Å². The SMILES string of the molecule is CC(C)NC(=S)N/N=C/c1c(-c2ccccc2)[nH]c2ccccc12. The van der Waals surface area contributed by atoms with Gasteiger partial charge in [-0.2, -0.15) is 5.10 Å². The van der Waals surface area contributed by atoms with Crippen LogP contribution in [0.4, 0.5) is 0 Å². The van der Waals surface area contributed by atoms with Gasteiger partial charge in [-0.15, -0.1) is 0 Å². The molecule has 0 saturated heterocycles. The van der Waals surface area contributed by atoms with Crippen molar-refractivity contribution >= 4 is 34.4 Å². The summed E-state index contributed by atoms with van der Waals surface area (Å²) in [5.74, 6) is 0. The Morgan fingerprint density at radius 1 is 1.08 bits per heavy atom. The smallest absolute Gasteiger partial charge is 0.187 e. The molecule has 0 aliphatic rings. The number of aromatic nitrogens is 1. The molecule has 0 amide bonds. The zero-order chi connectivity index (χ0) is 16.9. The Kier molecular flexibility index (Phi) is 4.91. The van der Waals surface area contributed by atoms with Crippen LogP contribution >= 0.6 is 12.2 Å². The normalized spacial score (nSPS) is 11.3. The van der Waals surface area contributed by atoms with Crippen molar-refractivity contribution in [3.05, 3.63) is 60.2 Å². The number of fused-ring (bicyclic) bond motifs is 1. The largest absolute Gasteiger partial charge is 0.359 e. The molecule has 0 spiro atoms. The molecule has 0 aliphatic carbocycles.